The zero-order chi connectivity index (χ0) is 25.7. The van der Waals surface area contributed by atoms with Gasteiger partial charge < -0.3 is 9.63 Å². The molecule has 2 aliphatic rings. The van der Waals surface area contributed by atoms with Crippen molar-refractivity contribution < 1.29 is 23.2 Å². The van der Waals surface area contributed by atoms with Gasteiger partial charge in [-0.25, -0.2) is 4.57 Å². The first-order chi connectivity index (χ1) is 17.3. The summed E-state index contributed by atoms with van der Waals surface area (Å²) in [5, 5.41) is 11.3. The van der Waals surface area contributed by atoms with Crippen molar-refractivity contribution in [3.05, 3.63) is 77.2 Å². The van der Waals surface area contributed by atoms with Gasteiger partial charge in [-0.2, -0.15) is 0 Å². The number of phosphoric ester groups is 1. The Balaban J connectivity index is 1.72. The third-order valence-electron chi connectivity index (χ3n) is 7.14. The number of phosphoric acid groups is 1. The number of hydrogen-bond donors (Lipinski definition) is 1. The molecule has 0 saturated carbocycles. The van der Waals surface area contributed by atoms with Crippen LogP contribution in [0.25, 0.3) is 0 Å². The number of benzene rings is 1. The summed E-state index contributed by atoms with van der Waals surface area (Å²) in [7, 11) is -3.94. The molecule has 2 heterocycles. The van der Waals surface area contributed by atoms with E-state index in [0.29, 0.717) is 17.7 Å². The van der Waals surface area contributed by atoms with Gasteiger partial charge in [0, 0.05) is 30.3 Å². The van der Waals surface area contributed by atoms with Crippen LogP contribution in [0.5, 0.6) is 11.5 Å². The van der Waals surface area contributed by atoms with Crippen molar-refractivity contribution in [2.24, 2.45) is 5.92 Å². The van der Waals surface area contributed by atoms with E-state index < -0.39 is 13.9 Å². The smallest absolute Gasteiger partial charge is 0.507 e. The number of nitrogens with zero attached hydrogens (tertiary/aromatic N) is 1. The Morgan fingerprint density at radius 1 is 1.25 bits per heavy atom. The lowest BCUT2D eigenvalue weighted by Gasteiger charge is -2.34. The van der Waals surface area contributed by atoms with Crippen molar-refractivity contribution in [2.75, 3.05) is 6.61 Å². The highest BCUT2D eigenvalue weighted by Crippen LogP contribution is 2.59. The van der Waals surface area contributed by atoms with E-state index in [9.17, 15) is 9.67 Å². The predicted molar refractivity (Wildman–Crippen MR) is 142 cm³/mol. The third kappa shape index (κ3) is 6.29. The molecule has 1 saturated heterocycles. The number of unbranched alkanes of at least 4 members (excludes halogenated alkanes) is 2. The van der Waals surface area contributed by atoms with Crippen molar-refractivity contribution in [3.63, 3.8) is 0 Å². The molecule has 6 nitrogen and oxygen atoms in total. The lowest BCUT2D eigenvalue weighted by Crippen LogP contribution is -2.19. The lowest BCUT2D eigenvalue weighted by atomic mass is 9.73. The normalized spacial score (nSPS) is 26.3. The number of allylic oxidation sites excluding steroid dienone is 3. The first-order valence-corrected chi connectivity index (χ1v) is 14.5. The molecule has 0 amide bonds. The molecule has 0 bridgehead atoms. The summed E-state index contributed by atoms with van der Waals surface area (Å²) in [6.45, 7) is 10.8. The number of phenols is 1. The average Bonchev–Trinajstić information content (AvgIpc) is 2.84. The summed E-state index contributed by atoms with van der Waals surface area (Å²) in [4.78, 5) is 4.06. The maximum absolute atomic E-state index is 13.8. The van der Waals surface area contributed by atoms with Crippen LogP contribution in [0.1, 0.15) is 88.0 Å². The Kier molecular flexibility index (Phi) is 8.71. The number of hydrogen-bond acceptors (Lipinski definition) is 6. The minimum absolute atomic E-state index is 0.136. The minimum Gasteiger partial charge on any atom is -0.507 e. The van der Waals surface area contributed by atoms with Crippen molar-refractivity contribution in [2.45, 2.75) is 77.7 Å². The number of pyridine rings is 1. The van der Waals surface area contributed by atoms with E-state index in [1.54, 1.807) is 12.4 Å². The maximum Gasteiger partial charge on any atom is 0.530 e. The molecule has 0 radical (unpaired) electrons. The molecular weight excluding hydrogens is 473 g/mol. The summed E-state index contributed by atoms with van der Waals surface area (Å²) >= 11 is 0. The molecule has 1 aliphatic carbocycles. The van der Waals surface area contributed by atoms with Gasteiger partial charge in [0.25, 0.3) is 0 Å². The van der Waals surface area contributed by atoms with E-state index >= 15 is 0 Å². The standard InChI is InChI=1S/C29H38NO5P/c1-5-6-7-8-22-18-26(31)29(25-17-21(4)9-10-24(25)20(2)3)28(19-22)35-36(32)33-16-13-27(34-36)23-11-14-30-15-12-23/h11-12,14-15,17-19,24-25,27,31H,2,5-10,13,16H2,1,3-4H3. The molecule has 1 fully saturated rings. The number of rotatable bonds is 9. The van der Waals surface area contributed by atoms with Gasteiger partial charge in [-0.3, -0.25) is 14.0 Å². The van der Waals surface area contributed by atoms with Gasteiger partial charge in [-0.05, 0) is 80.8 Å². The SMILES string of the molecule is C=C(C)C1CCC(C)=CC1c1c(O)cc(CCCCC)cc1OP1(=O)OCCC(c2ccncc2)O1. The van der Waals surface area contributed by atoms with E-state index in [4.69, 9.17) is 13.6 Å². The lowest BCUT2D eigenvalue weighted by molar-refractivity contribution is 0.0506. The van der Waals surface area contributed by atoms with Gasteiger partial charge in [0.05, 0.1) is 12.7 Å². The summed E-state index contributed by atoms with van der Waals surface area (Å²) in [6, 6.07) is 7.42. The number of aryl methyl sites for hydroxylation is 1. The Morgan fingerprint density at radius 3 is 2.75 bits per heavy atom. The number of aromatic hydroxyl groups is 1. The topological polar surface area (TPSA) is 77.9 Å². The molecule has 4 unspecified atom stereocenters. The van der Waals surface area contributed by atoms with Gasteiger partial charge in [0.1, 0.15) is 11.5 Å². The molecule has 36 heavy (non-hydrogen) atoms. The zero-order valence-electron chi connectivity index (χ0n) is 21.6. The molecular formula is C29H38NO5P. The largest absolute Gasteiger partial charge is 0.530 e. The Bertz CT molecular complexity index is 1150. The highest BCUT2D eigenvalue weighted by atomic mass is 31.2. The fourth-order valence-electron chi connectivity index (χ4n) is 5.19. The average molecular weight is 512 g/mol. The highest BCUT2D eigenvalue weighted by molar-refractivity contribution is 7.49. The third-order valence-corrected chi connectivity index (χ3v) is 8.57. The second kappa shape index (κ2) is 11.8. The van der Waals surface area contributed by atoms with Gasteiger partial charge in [-0.15, -0.1) is 0 Å². The molecule has 1 aliphatic heterocycles. The molecule has 4 atom stereocenters. The quantitative estimate of drug-likeness (QED) is 0.208. The second-order valence-corrected chi connectivity index (χ2v) is 11.6. The maximum atomic E-state index is 13.8. The summed E-state index contributed by atoms with van der Waals surface area (Å²) < 4.78 is 31.5. The molecule has 0 spiro atoms. The van der Waals surface area contributed by atoms with Crippen molar-refractivity contribution >= 4 is 7.82 Å². The van der Waals surface area contributed by atoms with E-state index in [-0.39, 0.29) is 24.2 Å². The summed E-state index contributed by atoms with van der Waals surface area (Å²) in [6.07, 6.45) is 11.6. The Labute approximate surface area is 215 Å². The van der Waals surface area contributed by atoms with Gasteiger partial charge in [-0.1, -0.05) is 43.6 Å². The molecule has 1 aromatic carbocycles. The van der Waals surface area contributed by atoms with Crippen molar-refractivity contribution in [1.29, 1.82) is 0 Å². The monoisotopic (exact) mass is 511 g/mol. The summed E-state index contributed by atoms with van der Waals surface area (Å²) in [5.41, 5.74) is 4.74. The van der Waals surface area contributed by atoms with E-state index in [2.05, 4.69) is 31.5 Å². The van der Waals surface area contributed by atoms with Crippen LogP contribution in [0.3, 0.4) is 0 Å². The van der Waals surface area contributed by atoms with Crippen molar-refractivity contribution in [3.8, 4) is 11.5 Å². The molecule has 4 rings (SSSR count). The first-order valence-electron chi connectivity index (χ1n) is 13.0. The fourth-order valence-corrected chi connectivity index (χ4v) is 6.61. The molecule has 2 aromatic rings. The molecule has 194 valence electrons. The van der Waals surface area contributed by atoms with Crippen LogP contribution >= 0.6 is 7.82 Å². The summed E-state index contributed by atoms with van der Waals surface area (Å²) in [5.74, 6) is 0.521. The predicted octanol–water partition coefficient (Wildman–Crippen LogP) is 8.20. The van der Waals surface area contributed by atoms with E-state index in [1.165, 1.54) is 5.57 Å². The van der Waals surface area contributed by atoms with Gasteiger partial charge >= 0.3 is 7.82 Å². The number of aromatic nitrogens is 1. The van der Waals surface area contributed by atoms with Crippen LogP contribution in [0.2, 0.25) is 0 Å². The molecule has 1 aromatic heterocycles. The highest BCUT2D eigenvalue weighted by Gasteiger charge is 2.40. The van der Waals surface area contributed by atoms with Crippen LogP contribution in [0.15, 0.2) is 60.5 Å². The van der Waals surface area contributed by atoms with Crippen LogP contribution in [-0.4, -0.2) is 16.7 Å². The van der Waals surface area contributed by atoms with E-state index in [0.717, 1.165) is 55.2 Å². The Hall–Kier alpha value is -2.40. The van der Waals surface area contributed by atoms with E-state index in [1.807, 2.05) is 31.2 Å². The van der Waals surface area contributed by atoms with Crippen LogP contribution in [0, 0.1) is 5.92 Å². The van der Waals surface area contributed by atoms with Crippen molar-refractivity contribution in [1.82, 2.24) is 4.98 Å². The zero-order valence-corrected chi connectivity index (χ0v) is 22.5. The fraction of sp³-hybridized carbons (Fsp3) is 0.483. The van der Waals surface area contributed by atoms with Crippen LogP contribution in [-0.2, 0) is 20.0 Å². The molecule has 1 N–H and O–H groups in total. The first kappa shape index (κ1) is 26.7. The minimum atomic E-state index is -3.94. The Morgan fingerprint density at radius 2 is 2.03 bits per heavy atom. The second-order valence-electron chi connectivity index (χ2n) is 10.0. The van der Waals surface area contributed by atoms with Crippen LogP contribution < -0.4 is 4.52 Å². The molecule has 7 heteroatoms. The van der Waals surface area contributed by atoms with Gasteiger partial charge in [0.15, 0.2) is 0 Å². The van der Waals surface area contributed by atoms with Crippen LogP contribution in [0.4, 0.5) is 0 Å². The number of phenolic OH excluding ortho intramolecular Hbond substituents is 1. The van der Waals surface area contributed by atoms with Gasteiger partial charge in [0.2, 0.25) is 0 Å².